The van der Waals surface area contributed by atoms with Crippen LogP contribution in [0.4, 0.5) is 0 Å². The number of hydrogen-bond donors (Lipinski definition) is 0. The van der Waals surface area contributed by atoms with Gasteiger partial charge >= 0.3 is 0 Å². The lowest BCUT2D eigenvalue weighted by Crippen LogP contribution is -2.46. The van der Waals surface area contributed by atoms with Crippen molar-refractivity contribution in [1.29, 1.82) is 0 Å². The van der Waals surface area contributed by atoms with Gasteiger partial charge in [-0.2, -0.15) is 0 Å². The molecule has 0 N–H and O–H groups in total. The third kappa shape index (κ3) is 4.83. The molecular formula is C22H29N5O2. The van der Waals surface area contributed by atoms with Crippen LogP contribution in [0.1, 0.15) is 55.8 Å². The molecule has 2 amide bonds. The van der Waals surface area contributed by atoms with Gasteiger partial charge in [0.2, 0.25) is 11.8 Å². The Bertz CT molecular complexity index is 835. The first-order valence-corrected chi connectivity index (χ1v) is 10.7. The lowest BCUT2D eigenvalue weighted by Gasteiger charge is -2.34. The average Bonchev–Trinajstić information content (AvgIpc) is 3.11. The van der Waals surface area contributed by atoms with Crippen molar-refractivity contribution in [3.63, 3.8) is 0 Å². The molecule has 0 saturated carbocycles. The summed E-state index contributed by atoms with van der Waals surface area (Å²) in [5.74, 6) is 1.43. The van der Waals surface area contributed by atoms with E-state index in [1.54, 1.807) is 11.1 Å². The molecule has 154 valence electrons. The van der Waals surface area contributed by atoms with Gasteiger partial charge in [-0.15, -0.1) is 0 Å². The van der Waals surface area contributed by atoms with Gasteiger partial charge in [0.15, 0.2) is 0 Å². The van der Waals surface area contributed by atoms with Crippen molar-refractivity contribution >= 4 is 11.8 Å². The van der Waals surface area contributed by atoms with Crippen LogP contribution in [0.15, 0.2) is 36.9 Å². The summed E-state index contributed by atoms with van der Waals surface area (Å²) in [5, 5.41) is 0. The summed E-state index contributed by atoms with van der Waals surface area (Å²) in [6.45, 7) is 3.09. The topological polar surface area (TPSA) is 71.3 Å². The molecule has 4 rings (SSSR count). The number of rotatable bonds is 5. The normalized spacial score (nSPS) is 20.6. The minimum Gasteiger partial charge on any atom is -0.340 e. The van der Waals surface area contributed by atoms with E-state index in [9.17, 15) is 9.59 Å². The Labute approximate surface area is 171 Å². The van der Waals surface area contributed by atoms with Crippen molar-refractivity contribution in [3.8, 4) is 0 Å². The van der Waals surface area contributed by atoms with E-state index in [1.165, 1.54) is 0 Å². The van der Waals surface area contributed by atoms with Gasteiger partial charge in [-0.1, -0.05) is 12.5 Å². The van der Waals surface area contributed by atoms with Crippen molar-refractivity contribution in [2.24, 2.45) is 0 Å². The molecule has 0 aliphatic carbocycles. The maximum absolute atomic E-state index is 12.9. The summed E-state index contributed by atoms with van der Waals surface area (Å²) in [6.07, 6.45) is 13.0. The highest BCUT2D eigenvalue weighted by atomic mass is 16.2. The van der Waals surface area contributed by atoms with Crippen LogP contribution in [0.2, 0.25) is 0 Å². The fourth-order valence-electron chi connectivity index (χ4n) is 4.39. The third-order valence-corrected chi connectivity index (χ3v) is 5.96. The molecule has 2 saturated heterocycles. The summed E-state index contributed by atoms with van der Waals surface area (Å²) < 4.78 is 2.16. The van der Waals surface area contributed by atoms with Gasteiger partial charge in [-0.3, -0.25) is 14.6 Å². The fourth-order valence-corrected chi connectivity index (χ4v) is 4.39. The number of aromatic nitrogens is 3. The zero-order chi connectivity index (χ0) is 20.1. The summed E-state index contributed by atoms with van der Waals surface area (Å²) in [4.78, 5) is 37.6. The summed E-state index contributed by atoms with van der Waals surface area (Å²) in [7, 11) is 0. The molecule has 0 aromatic carbocycles. The van der Waals surface area contributed by atoms with Gasteiger partial charge in [0.25, 0.3) is 0 Å². The number of nitrogens with zero attached hydrogens (tertiary/aromatic N) is 5. The number of hydrogen-bond acceptors (Lipinski definition) is 4. The number of pyridine rings is 1. The van der Waals surface area contributed by atoms with Crippen LogP contribution in [0.25, 0.3) is 0 Å². The van der Waals surface area contributed by atoms with E-state index in [2.05, 4.69) is 20.6 Å². The quantitative estimate of drug-likeness (QED) is 0.780. The van der Waals surface area contributed by atoms with E-state index >= 15 is 0 Å². The van der Waals surface area contributed by atoms with Crippen molar-refractivity contribution in [2.45, 2.75) is 51.0 Å². The van der Waals surface area contributed by atoms with Crippen LogP contribution in [-0.4, -0.2) is 62.3 Å². The Kier molecular flexibility index (Phi) is 6.22. The third-order valence-electron chi connectivity index (χ3n) is 5.96. The summed E-state index contributed by atoms with van der Waals surface area (Å²) in [5.41, 5.74) is 1.13. The second-order valence-electron chi connectivity index (χ2n) is 8.08. The molecule has 0 bridgehead atoms. The van der Waals surface area contributed by atoms with Crippen molar-refractivity contribution in [1.82, 2.24) is 24.3 Å². The zero-order valence-corrected chi connectivity index (χ0v) is 16.9. The van der Waals surface area contributed by atoms with Gasteiger partial charge in [0, 0.05) is 56.8 Å². The fraction of sp³-hybridized carbons (Fsp3) is 0.545. The molecule has 7 heteroatoms. The summed E-state index contributed by atoms with van der Waals surface area (Å²) >= 11 is 0. The molecule has 4 heterocycles. The maximum atomic E-state index is 12.9. The van der Waals surface area contributed by atoms with Crippen LogP contribution < -0.4 is 0 Å². The second-order valence-corrected chi connectivity index (χ2v) is 8.08. The van der Waals surface area contributed by atoms with Crippen molar-refractivity contribution in [2.75, 3.05) is 26.2 Å². The highest BCUT2D eigenvalue weighted by Crippen LogP contribution is 2.26. The SMILES string of the molecule is O=C1CCCCCN1CC(=O)N1CCCC(c2nccn2Cc2cccnc2)C1. The molecular weight excluding hydrogens is 366 g/mol. The lowest BCUT2D eigenvalue weighted by atomic mass is 9.97. The highest BCUT2D eigenvalue weighted by Gasteiger charge is 2.29. The lowest BCUT2D eigenvalue weighted by molar-refractivity contribution is -0.140. The number of likely N-dealkylation sites (tertiary alicyclic amines) is 2. The molecule has 2 fully saturated rings. The first-order chi connectivity index (χ1) is 14.2. The van der Waals surface area contributed by atoms with Gasteiger partial charge in [0.05, 0.1) is 13.1 Å². The van der Waals surface area contributed by atoms with Crippen LogP contribution in [0, 0.1) is 0 Å². The van der Waals surface area contributed by atoms with Gasteiger partial charge < -0.3 is 14.4 Å². The standard InChI is InChI=1S/C22H29N5O2/c28-20-8-2-1-3-11-26(20)17-21(29)25-12-5-7-19(16-25)22-24-10-13-27(22)15-18-6-4-9-23-14-18/h4,6,9-10,13-14,19H,1-3,5,7-8,11-12,15-17H2. The van der Waals surface area contributed by atoms with E-state index < -0.39 is 0 Å². The van der Waals surface area contributed by atoms with Gasteiger partial charge in [0.1, 0.15) is 5.82 Å². The number of imidazole rings is 1. The first kappa shape index (κ1) is 19.6. The first-order valence-electron chi connectivity index (χ1n) is 10.7. The molecule has 1 unspecified atom stereocenters. The largest absolute Gasteiger partial charge is 0.340 e. The Morgan fingerprint density at radius 3 is 2.93 bits per heavy atom. The van der Waals surface area contributed by atoms with Gasteiger partial charge in [-0.05, 0) is 37.3 Å². The summed E-state index contributed by atoms with van der Waals surface area (Å²) in [6, 6.07) is 4.00. The molecule has 29 heavy (non-hydrogen) atoms. The zero-order valence-electron chi connectivity index (χ0n) is 16.9. The second kappa shape index (κ2) is 9.20. The van der Waals surface area contributed by atoms with Crippen molar-refractivity contribution in [3.05, 3.63) is 48.3 Å². The van der Waals surface area contributed by atoms with E-state index in [4.69, 9.17) is 0 Å². The minimum absolute atomic E-state index is 0.0651. The molecule has 1 atom stereocenters. The monoisotopic (exact) mass is 395 g/mol. The number of carbonyl (C=O) groups is 2. The maximum Gasteiger partial charge on any atom is 0.242 e. The molecule has 2 aromatic heterocycles. The minimum atomic E-state index is 0.0651. The number of piperidine rings is 1. The molecule has 7 nitrogen and oxygen atoms in total. The molecule has 0 radical (unpaired) electrons. The number of amides is 2. The van der Waals surface area contributed by atoms with Gasteiger partial charge in [-0.25, -0.2) is 4.98 Å². The Morgan fingerprint density at radius 1 is 1.14 bits per heavy atom. The molecule has 0 spiro atoms. The Morgan fingerprint density at radius 2 is 2.07 bits per heavy atom. The highest BCUT2D eigenvalue weighted by molar-refractivity contribution is 5.85. The molecule has 2 aliphatic rings. The Hall–Kier alpha value is -2.70. The van der Waals surface area contributed by atoms with Crippen LogP contribution in [-0.2, 0) is 16.1 Å². The van der Waals surface area contributed by atoms with Crippen LogP contribution in [0.3, 0.4) is 0 Å². The average molecular weight is 396 g/mol. The van der Waals surface area contributed by atoms with Crippen LogP contribution in [0.5, 0.6) is 0 Å². The molecule has 2 aromatic rings. The van der Waals surface area contributed by atoms with E-state index in [0.29, 0.717) is 19.5 Å². The predicted octanol–water partition coefficient (Wildman–Crippen LogP) is 2.44. The molecule has 2 aliphatic heterocycles. The predicted molar refractivity (Wildman–Crippen MR) is 109 cm³/mol. The van der Waals surface area contributed by atoms with E-state index in [1.807, 2.05) is 29.6 Å². The Balaban J connectivity index is 1.40. The van der Waals surface area contributed by atoms with E-state index in [-0.39, 0.29) is 24.3 Å². The van der Waals surface area contributed by atoms with E-state index in [0.717, 1.165) is 56.6 Å². The van der Waals surface area contributed by atoms with Crippen LogP contribution >= 0.6 is 0 Å². The smallest absolute Gasteiger partial charge is 0.242 e. The van der Waals surface area contributed by atoms with Crippen molar-refractivity contribution < 1.29 is 9.59 Å². The number of carbonyl (C=O) groups excluding carboxylic acids is 2.